The van der Waals surface area contributed by atoms with Crippen LogP contribution in [0.3, 0.4) is 0 Å². The zero-order valence-corrected chi connectivity index (χ0v) is 18.6. The predicted octanol–water partition coefficient (Wildman–Crippen LogP) is 4.40. The van der Waals surface area contributed by atoms with Crippen molar-refractivity contribution in [3.63, 3.8) is 0 Å². The number of rotatable bonds is 8. The van der Waals surface area contributed by atoms with Crippen LogP contribution in [0.25, 0.3) is 0 Å². The number of carbonyl (C=O) groups excluding carboxylic acids is 1. The lowest BCUT2D eigenvalue weighted by Crippen LogP contribution is -2.30. The number of nitrogens with one attached hydrogen (secondary N) is 1. The van der Waals surface area contributed by atoms with Crippen molar-refractivity contribution in [1.29, 1.82) is 0 Å². The van der Waals surface area contributed by atoms with Gasteiger partial charge in [0, 0.05) is 6.54 Å². The number of para-hydroxylation sites is 1. The van der Waals surface area contributed by atoms with Gasteiger partial charge in [-0.05, 0) is 55.3 Å². The van der Waals surface area contributed by atoms with Gasteiger partial charge in [-0.15, -0.1) is 0 Å². The molecule has 0 saturated carbocycles. The second-order valence-corrected chi connectivity index (χ2v) is 8.88. The van der Waals surface area contributed by atoms with Crippen molar-refractivity contribution in [2.75, 3.05) is 23.3 Å². The van der Waals surface area contributed by atoms with Crippen LogP contribution in [0, 0.1) is 6.92 Å². The van der Waals surface area contributed by atoms with Crippen LogP contribution < -0.4 is 14.4 Å². The molecule has 0 unspecified atom stereocenters. The lowest BCUT2D eigenvalue weighted by Gasteiger charge is -2.23. The highest BCUT2D eigenvalue weighted by Crippen LogP contribution is 2.31. The van der Waals surface area contributed by atoms with Crippen molar-refractivity contribution in [2.45, 2.75) is 25.2 Å². The number of nitrogens with zero attached hydrogens (tertiary/aromatic N) is 1. The molecule has 0 radical (unpaired) electrons. The van der Waals surface area contributed by atoms with Gasteiger partial charge in [0.2, 0.25) is 5.91 Å². The minimum absolute atomic E-state index is 0.0743. The van der Waals surface area contributed by atoms with E-state index in [0.717, 1.165) is 11.1 Å². The number of amides is 1. The van der Waals surface area contributed by atoms with E-state index in [1.807, 2.05) is 37.3 Å². The topological polar surface area (TPSA) is 75.7 Å². The Balaban J connectivity index is 1.91. The van der Waals surface area contributed by atoms with Gasteiger partial charge in [-0.2, -0.15) is 0 Å². The molecular weight excluding hydrogens is 412 g/mol. The van der Waals surface area contributed by atoms with Crippen LogP contribution in [0.2, 0.25) is 0 Å². The molecule has 1 N–H and O–H groups in total. The van der Waals surface area contributed by atoms with Crippen LogP contribution >= 0.6 is 0 Å². The maximum absolute atomic E-state index is 13.3. The van der Waals surface area contributed by atoms with Crippen molar-refractivity contribution in [3.8, 4) is 5.75 Å². The number of aryl methyl sites for hydroxylation is 1. The number of benzene rings is 3. The maximum atomic E-state index is 13.3. The molecule has 0 aromatic heterocycles. The number of sulfonamides is 1. The summed E-state index contributed by atoms with van der Waals surface area (Å²) in [5.41, 5.74) is 2.81. The molecular formula is C24H26N2O4S. The fourth-order valence-corrected chi connectivity index (χ4v) is 4.83. The zero-order chi connectivity index (χ0) is 22.4. The van der Waals surface area contributed by atoms with Gasteiger partial charge in [0.15, 0.2) is 0 Å². The van der Waals surface area contributed by atoms with E-state index in [1.54, 1.807) is 37.3 Å². The molecule has 0 aliphatic rings. The lowest BCUT2D eigenvalue weighted by molar-refractivity contribution is -0.115. The Labute approximate surface area is 183 Å². The maximum Gasteiger partial charge on any atom is 0.264 e. The van der Waals surface area contributed by atoms with Gasteiger partial charge >= 0.3 is 0 Å². The number of methoxy groups -OCH3 is 1. The third-order valence-electron chi connectivity index (χ3n) is 4.98. The Morgan fingerprint density at radius 2 is 1.68 bits per heavy atom. The molecule has 0 saturated heterocycles. The van der Waals surface area contributed by atoms with Crippen LogP contribution in [0.5, 0.6) is 5.75 Å². The summed E-state index contributed by atoms with van der Waals surface area (Å²) in [5.74, 6) is 0.136. The van der Waals surface area contributed by atoms with E-state index in [4.69, 9.17) is 4.74 Å². The second-order valence-electron chi connectivity index (χ2n) is 7.02. The Kier molecular flexibility index (Phi) is 6.97. The third-order valence-corrected chi connectivity index (χ3v) is 6.88. The molecule has 31 heavy (non-hydrogen) atoms. The Morgan fingerprint density at radius 3 is 2.32 bits per heavy atom. The summed E-state index contributed by atoms with van der Waals surface area (Å²) in [6.45, 7) is 3.99. The molecule has 0 aliphatic carbocycles. The fraction of sp³-hybridized carbons (Fsp3) is 0.208. The average molecular weight is 439 g/mol. The summed E-state index contributed by atoms with van der Waals surface area (Å²) in [5, 5.41) is 2.80. The first-order valence-corrected chi connectivity index (χ1v) is 11.4. The van der Waals surface area contributed by atoms with Gasteiger partial charge < -0.3 is 10.1 Å². The number of hydrogen-bond acceptors (Lipinski definition) is 4. The average Bonchev–Trinajstić information content (AvgIpc) is 2.76. The van der Waals surface area contributed by atoms with Gasteiger partial charge in [0.1, 0.15) is 5.75 Å². The van der Waals surface area contributed by atoms with E-state index in [1.165, 1.54) is 23.5 Å². The first-order valence-electron chi connectivity index (χ1n) is 9.97. The third kappa shape index (κ3) is 5.06. The van der Waals surface area contributed by atoms with Gasteiger partial charge in [-0.25, -0.2) is 8.42 Å². The van der Waals surface area contributed by atoms with Gasteiger partial charge in [0.25, 0.3) is 10.0 Å². The first-order chi connectivity index (χ1) is 14.9. The molecule has 0 heterocycles. The number of ether oxygens (including phenoxy) is 1. The summed E-state index contributed by atoms with van der Waals surface area (Å²) in [4.78, 5) is 12.7. The minimum Gasteiger partial charge on any atom is -0.495 e. The molecule has 6 nitrogen and oxygen atoms in total. The highest BCUT2D eigenvalue weighted by atomic mass is 32.2. The van der Waals surface area contributed by atoms with Crippen LogP contribution in [-0.4, -0.2) is 28.0 Å². The monoisotopic (exact) mass is 438 g/mol. The summed E-state index contributed by atoms with van der Waals surface area (Å²) >= 11 is 0. The molecule has 3 aromatic carbocycles. The normalized spacial score (nSPS) is 11.1. The van der Waals surface area contributed by atoms with Crippen LogP contribution in [0.4, 0.5) is 11.4 Å². The Morgan fingerprint density at radius 1 is 1.00 bits per heavy atom. The SMILES string of the molecule is CCN(c1ccccc1)S(=O)(=O)c1ccc(OC)c(NC(=O)Cc2ccccc2C)c1. The molecule has 0 bridgehead atoms. The predicted molar refractivity (Wildman–Crippen MR) is 123 cm³/mol. The van der Waals surface area contributed by atoms with E-state index >= 15 is 0 Å². The standard InChI is InChI=1S/C24H26N2O4S/c1-4-26(20-12-6-5-7-13-20)31(28,29)21-14-15-23(30-3)22(17-21)25-24(27)16-19-11-9-8-10-18(19)2/h5-15,17H,4,16H2,1-3H3,(H,25,27). The minimum atomic E-state index is -3.83. The van der Waals surface area contributed by atoms with Crippen molar-refractivity contribution in [3.05, 3.63) is 83.9 Å². The van der Waals surface area contributed by atoms with Crippen LogP contribution in [0.15, 0.2) is 77.7 Å². The van der Waals surface area contributed by atoms with Gasteiger partial charge in [-0.1, -0.05) is 42.5 Å². The Hall–Kier alpha value is -3.32. The lowest BCUT2D eigenvalue weighted by atomic mass is 10.1. The van der Waals surface area contributed by atoms with E-state index in [0.29, 0.717) is 17.1 Å². The molecule has 1 amide bonds. The van der Waals surface area contributed by atoms with Crippen molar-refractivity contribution in [2.24, 2.45) is 0 Å². The number of carbonyl (C=O) groups is 1. The molecule has 7 heteroatoms. The smallest absolute Gasteiger partial charge is 0.264 e. The summed E-state index contributed by atoms with van der Waals surface area (Å²) in [6, 6.07) is 21.0. The molecule has 0 spiro atoms. The summed E-state index contributed by atoms with van der Waals surface area (Å²) in [6.07, 6.45) is 0.178. The number of anilines is 2. The molecule has 162 valence electrons. The van der Waals surface area contributed by atoms with Crippen LogP contribution in [0.1, 0.15) is 18.1 Å². The Bertz CT molecular complexity index is 1160. The zero-order valence-electron chi connectivity index (χ0n) is 17.8. The quantitative estimate of drug-likeness (QED) is 0.566. The second kappa shape index (κ2) is 9.66. The molecule has 3 aromatic rings. The van der Waals surface area contributed by atoms with Crippen LogP contribution in [-0.2, 0) is 21.2 Å². The molecule has 0 aliphatic heterocycles. The number of hydrogen-bond donors (Lipinski definition) is 1. The van der Waals surface area contributed by atoms with Crippen molar-refractivity contribution < 1.29 is 17.9 Å². The first kappa shape index (κ1) is 22.4. The van der Waals surface area contributed by atoms with E-state index in [-0.39, 0.29) is 23.8 Å². The molecule has 3 rings (SSSR count). The van der Waals surface area contributed by atoms with E-state index in [2.05, 4.69) is 5.32 Å². The van der Waals surface area contributed by atoms with Gasteiger partial charge in [0.05, 0.1) is 29.8 Å². The summed E-state index contributed by atoms with van der Waals surface area (Å²) < 4.78 is 33.3. The largest absolute Gasteiger partial charge is 0.495 e. The highest BCUT2D eigenvalue weighted by Gasteiger charge is 2.25. The summed E-state index contributed by atoms with van der Waals surface area (Å²) in [7, 11) is -2.35. The van der Waals surface area contributed by atoms with E-state index < -0.39 is 10.0 Å². The van der Waals surface area contributed by atoms with Crippen molar-refractivity contribution >= 4 is 27.3 Å². The fourth-order valence-electron chi connectivity index (χ4n) is 3.33. The van der Waals surface area contributed by atoms with Crippen molar-refractivity contribution in [1.82, 2.24) is 0 Å². The van der Waals surface area contributed by atoms with E-state index in [9.17, 15) is 13.2 Å². The molecule has 0 atom stereocenters. The van der Waals surface area contributed by atoms with Gasteiger partial charge in [-0.3, -0.25) is 9.10 Å². The molecule has 0 fully saturated rings. The highest BCUT2D eigenvalue weighted by molar-refractivity contribution is 7.92.